The third-order valence-corrected chi connectivity index (χ3v) is 7.56. The van der Waals surface area contributed by atoms with Crippen molar-refractivity contribution in [3.05, 3.63) is 79.0 Å². The molecule has 0 aromatic carbocycles. The number of Topliss-reactive ketones (excluding diaryl/α,β-unsaturated/α-hetero) is 2. The number of hydrogen-bond acceptors (Lipinski definition) is 22. The number of aliphatic hydroxyl groups excluding tert-OH is 1. The first-order valence-corrected chi connectivity index (χ1v) is 20.4. The van der Waals surface area contributed by atoms with Crippen molar-refractivity contribution >= 4 is 59.3 Å². The number of nitrogens with one attached hydrogen (secondary N) is 2. The molecule has 1 atom stereocenters. The van der Waals surface area contributed by atoms with Crippen LogP contribution in [0.3, 0.4) is 0 Å². The van der Waals surface area contributed by atoms with Crippen LogP contribution in [0.5, 0.6) is 0 Å². The fourth-order valence-corrected chi connectivity index (χ4v) is 4.68. The summed E-state index contributed by atoms with van der Waals surface area (Å²) in [5.41, 5.74) is 7.68. The number of fused-ring (bicyclic) bond motifs is 1. The van der Waals surface area contributed by atoms with E-state index in [2.05, 4.69) is 49.4 Å². The summed E-state index contributed by atoms with van der Waals surface area (Å²) >= 11 is 0. The van der Waals surface area contributed by atoms with Crippen molar-refractivity contribution < 1.29 is 62.4 Å². The molecule has 4 rings (SSSR count). The van der Waals surface area contributed by atoms with Gasteiger partial charge in [-0.3, -0.25) is 19.2 Å². The summed E-state index contributed by atoms with van der Waals surface area (Å²) in [7, 11) is 0. The van der Waals surface area contributed by atoms with Crippen LogP contribution in [0.2, 0.25) is 0 Å². The largest absolute Gasteiger partial charge is 0.510 e. The van der Waals surface area contributed by atoms with Gasteiger partial charge in [-0.05, 0) is 102 Å². The van der Waals surface area contributed by atoms with E-state index in [1.807, 2.05) is 6.92 Å². The fourth-order valence-electron chi connectivity index (χ4n) is 4.68. The minimum Gasteiger partial charge on any atom is -0.510 e. The average molecular weight is 986 g/mol. The Bertz CT molecular complexity index is 2380. The monoisotopic (exact) mass is 985 g/mol. The van der Waals surface area contributed by atoms with Gasteiger partial charge in [0, 0.05) is 5.69 Å². The van der Waals surface area contributed by atoms with Crippen LogP contribution in [0, 0.1) is 46.4 Å². The molecule has 26 nitrogen and oxygen atoms in total. The molecule has 0 aliphatic heterocycles. The maximum absolute atomic E-state index is 11.3. The highest BCUT2D eigenvalue weighted by molar-refractivity contribution is 6.01. The first kappa shape index (κ1) is 64.9. The number of carbonyl (C=O) groups is 7. The Morgan fingerprint density at radius 1 is 0.765 bits per heavy atom. The number of nitrogens with two attached hydrogens (primary N) is 2. The number of aliphatic hydroxyl groups is 1. The molecular weight excluding hydrogens is 922 g/mol. The van der Waals surface area contributed by atoms with Gasteiger partial charge >= 0.3 is 29.8 Å². The van der Waals surface area contributed by atoms with Gasteiger partial charge in [0.25, 0.3) is 5.56 Å². The van der Waals surface area contributed by atoms with Crippen LogP contribution in [0.1, 0.15) is 117 Å². The first-order chi connectivity index (χ1) is 31.3. The Labute approximate surface area is 398 Å². The molecule has 68 heavy (non-hydrogen) atoms. The van der Waals surface area contributed by atoms with Crippen LogP contribution in [-0.2, 0) is 47.7 Å². The number of aromatic nitrogens is 8. The number of carbonyl (C=O) groups excluding carboxylic acids is 7. The highest BCUT2D eigenvalue weighted by Gasteiger charge is 2.20. The molecule has 0 aliphatic carbocycles. The lowest BCUT2D eigenvalue weighted by Crippen LogP contribution is -2.38. The molecule has 0 spiro atoms. The van der Waals surface area contributed by atoms with E-state index >= 15 is 0 Å². The van der Waals surface area contributed by atoms with Gasteiger partial charge in [0.05, 0.1) is 44.4 Å². The van der Waals surface area contributed by atoms with E-state index in [1.165, 1.54) is 36.3 Å². The molecule has 380 valence electrons. The second kappa shape index (κ2) is 34.0. The van der Waals surface area contributed by atoms with E-state index in [4.69, 9.17) is 26.2 Å². The number of nitrogen functional groups attached to an aromatic ring is 1. The number of halogens is 1. The van der Waals surface area contributed by atoms with Crippen molar-refractivity contribution in [3.8, 4) is 0 Å². The lowest BCUT2D eigenvalue weighted by Gasteiger charge is -2.05. The molecule has 0 radical (unpaired) electrons. The van der Waals surface area contributed by atoms with Crippen molar-refractivity contribution in [3.63, 3.8) is 0 Å². The van der Waals surface area contributed by atoms with Crippen molar-refractivity contribution in [2.24, 2.45) is 10.9 Å². The Morgan fingerprint density at radius 2 is 1.28 bits per heavy atom. The molecule has 0 saturated carbocycles. The number of nitrogens with zero attached hydrogens (tertiary/aromatic N) is 7. The SMILES string of the molecule is CCOC(=O)C(N)C(C)=O.CCOC(=O)C(N=O)=C(C)O.CCOC(=O)CC(C)=O.CCOC(=O)c1c(C)nc(C)n1N.CCOC(=O)c1nc(C)[nH]c1C.Cc1nc(C)n2nc[nH]c(=O)c12.Cl. The standard InChI is InChI=1S/C8H13N3O2.C8H12N2O2.C7H8N4O.C6H9NO4.C6H11NO3.C6H10O3.ClH/c1-4-13-8(12)7-5(2)10-6(3)11(7)9;1-4-12-8(11)7-5(2)9-6(3)10-7;1-4-6-7(12)8-3-9-11(6)5(2)10-4;1-3-11-6(9)5(7-10)4(2)8;1-3-10-6(9)5(7)4(2)8;1-3-9-6(8)4-5(2)7;/h4,9H2,1-3H3;4H2,1-3H3,(H,9,10);3H,1-2H3,(H,8,9,12);8H,3H2,1-2H3;5H,3,7H2,1-2H3;3-4H2,1-2H3;1H. The Hall–Kier alpha value is -7.35. The molecule has 0 aliphatic rings. The average Bonchev–Trinajstić information content (AvgIpc) is 3.83. The van der Waals surface area contributed by atoms with E-state index in [0.29, 0.717) is 53.9 Å². The molecule has 0 fully saturated rings. The second-order valence-electron chi connectivity index (χ2n) is 13.1. The lowest BCUT2D eigenvalue weighted by molar-refractivity contribution is -0.147. The van der Waals surface area contributed by atoms with Gasteiger partial charge in [-0.25, -0.2) is 43.3 Å². The van der Waals surface area contributed by atoms with Crippen molar-refractivity contribution in [1.29, 1.82) is 0 Å². The van der Waals surface area contributed by atoms with Crippen molar-refractivity contribution in [1.82, 2.24) is 39.2 Å². The summed E-state index contributed by atoms with van der Waals surface area (Å²) in [6.07, 6.45) is 1.26. The highest BCUT2D eigenvalue weighted by atomic mass is 35.5. The molecule has 0 saturated heterocycles. The zero-order valence-corrected chi connectivity index (χ0v) is 41.6. The predicted octanol–water partition coefficient (Wildman–Crippen LogP) is 3.15. The van der Waals surface area contributed by atoms with Gasteiger partial charge in [0.2, 0.25) is 5.70 Å². The molecule has 4 heterocycles. The third-order valence-electron chi connectivity index (χ3n) is 7.56. The normalized spacial score (nSPS) is 10.5. The van der Waals surface area contributed by atoms with E-state index in [1.54, 1.807) is 69.2 Å². The summed E-state index contributed by atoms with van der Waals surface area (Å²) in [6, 6.07) is -1.11. The van der Waals surface area contributed by atoms with Crippen LogP contribution < -0.4 is 17.1 Å². The summed E-state index contributed by atoms with van der Waals surface area (Å²) in [4.78, 5) is 114. The topological polar surface area (TPSA) is 377 Å². The number of H-pyrrole nitrogens is 2. The summed E-state index contributed by atoms with van der Waals surface area (Å²) < 4.78 is 25.8. The number of aromatic amines is 2. The number of imidazole rings is 3. The highest BCUT2D eigenvalue weighted by Crippen LogP contribution is 2.09. The van der Waals surface area contributed by atoms with Gasteiger partial charge in [0.15, 0.2) is 28.7 Å². The number of rotatable bonds is 13. The molecule has 0 bridgehead atoms. The smallest absolute Gasteiger partial charge is 0.364 e. The third kappa shape index (κ3) is 23.2. The van der Waals surface area contributed by atoms with Crippen molar-refractivity contribution in [2.45, 2.75) is 109 Å². The molecule has 1 unspecified atom stereocenters. The van der Waals surface area contributed by atoms with Gasteiger partial charge in [-0.15, -0.1) is 17.3 Å². The number of aryl methyl sites for hydroxylation is 6. The molecule has 4 aromatic rings. The predicted molar refractivity (Wildman–Crippen MR) is 247 cm³/mol. The minimum absolute atomic E-state index is 0. The lowest BCUT2D eigenvalue weighted by atomic mass is 10.2. The Kier molecular flexibility index (Phi) is 32.5. The van der Waals surface area contributed by atoms with Crippen LogP contribution in [0.25, 0.3) is 5.52 Å². The zero-order valence-electron chi connectivity index (χ0n) is 40.8. The van der Waals surface area contributed by atoms with Gasteiger partial charge in [-0.2, -0.15) is 5.10 Å². The van der Waals surface area contributed by atoms with E-state index < -0.39 is 41.4 Å². The minimum atomic E-state index is -1.11. The number of ketones is 2. The van der Waals surface area contributed by atoms with E-state index in [9.17, 15) is 43.3 Å². The number of esters is 5. The zero-order chi connectivity index (χ0) is 52.1. The summed E-state index contributed by atoms with van der Waals surface area (Å²) in [5.74, 6) is 3.89. The van der Waals surface area contributed by atoms with Crippen LogP contribution >= 0.6 is 12.4 Å². The molecule has 0 amide bonds. The fraction of sp³-hybridized carbons (Fsp3) is 0.512. The molecule has 7 N–H and O–H groups in total. The van der Waals surface area contributed by atoms with Gasteiger partial charge in [-0.1, -0.05) is 0 Å². The van der Waals surface area contributed by atoms with Crippen molar-refractivity contribution in [2.75, 3.05) is 38.9 Å². The van der Waals surface area contributed by atoms with Crippen LogP contribution in [-0.4, -0.2) is 125 Å². The molecular formula is C41H64ClN11O15. The first-order valence-electron chi connectivity index (χ1n) is 20.4. The van der Waals surface area contributed by atoms with Gasteiger partial charge in [0.1, 0.15) is 41.8 Å². The summed E-state index contributed by atoms with van der Waals surface area (Å²) in [5, 5.41) is 15.0. The quantitative estimate of drug-likeness (QED) is 0.0244. The maximum Gasteiger partial charge on any atom is 0.364 e. The second-order valence-corrected chi connectivity index (χ2v) is 13.1. The number of allylic oxidation sites excluding steroid dienone is 1. The number of nitroso groups, excluding NO2 is 1. The molecule has 4 aromatic heterocycles. The van der Waals surface area contributed by atoms with Gasteiger partial charge < -0.3 is 50.3 Å². The Balaban J connectivity index is -0.000000747. The number of hydrogen-bond donors (Lipinski definition) is 5. The maximum atomic E-state index is 11.3. The van der Waals surface area contributed by atoms with Crippen LogP contribution in [0.15, 0.2) is 27.8 Å². The van der Waals surface area contributed by atoms with E-state index in [-0.39, 0.29) is 55.1 Å². The molecule has 27 heteroatoms. The Morgan fingerprint density at radius 3 is 1.68 bits per heavy atom. The summed E-state index contributed by atoms with van der Waals surface area (Å²) in [6.45, 7) is 24.4. The van der Waals surface area contributed by atoms with Crippen LogP contribution in [0.4, 0.5) is 0 Å². The van der Waals surface area contributed by atoms with E-state index in [0.717, 1.165) is 17.3 Å². The number of ether oxygens (including phenoxy) is 5.